The lowest BCUT2D eigenvalue weighted by Gasteiger charge is -2.25. The molecule has 2 aromatic carbocycles. The number of aryl methyl sites for hydroxylation is 2. The Morgan fingerprint density at radius 2 is 2.00 bits per heavy atom. The molecule has 1 amide bonds. The van der Waals surface area contributed by atoms with Gasteiger partial charge in [-0.1, -0.05) is 29.8 Å². The second-order valence-corrected chi connectivity index (χ2v) is 5.77. The van der Waals surface area contributed by atoms with Crippen molar-refractivity contribution in [1.82, 2.24) is 5.32 Å². The average molecular weight is 327 g/mol. The summed E-state index contributed by atoms with van der Waals surface area (Å²) in [6.45, 7) is 5.07. The van der Waals surface area contributed by atoms with E-state index in [4.69, 9.17) is 14.2 Å². The van der Waals surface area contributed by atoms with Crippen molar-refractivity contribution >= 4 is 5.91 Å². The summed E-state index contributed by atoms with van der Waals surface area (Å²) in [6, 6.07) is 13.3. The Morgan fingerprint density at radius 1 is 1.21 bits per heavy atom. The first kappa shape index (κ1) is 16.2. The normalized spacial score (nSPS) is 15.7. The molecule has 0 fully saturated rings. The van der Waals surface area contributed by atoms with E-state index in [-0.39, 0.29) is 12.5 Å². The summed E-state index contributed by atoms with van der Waals surface area (Å²) in [5.74, 6) is 1.89. The molecular formula is C19H21NO4. The fraction of sp³-hybridized carbons (Fsp3) is 0.316. The number of hydrogen-bond donors (Lipinski definition) is 1. The zero-order valence-electron chi connectivity index (χ0n) is 13.9. The van der Waals surface area contributed by atoms with E-state index < -0.39 is 6.10 Å². The first-order chi connectivity index (χ1) is 11.6. The second-order valence-electron chi connectivity index (χ2n) is 5.77. The van der Waals surface area contributed by atoms with Gasteiger partial charge in [-0.25, -0.2) is 0 Å². The van der Waals surface area contributed by atoms with Crippen LogP contribution in [-0.4, -0.2) is 31.8 Å². The van der Waals surface area contributed by atoms with E-state index in [0.29, 0.717) is 24.7 Å². The maximum Gasteiger partial charge on any atom is 0.264 e. The molecule has 5 nitrogen and oxygen atoms in total. The smallest absolute Gasteiger partial charge is 0.264 e. The number of carbonyl (C=O) groups excluding carboxylic acids is 1. The second kappa shape index (κ2) is 7.25. The van der Waals surface area contributed by atoms with E-state index in [2.05, 4.69) is 11.4 Å². The van der Waals surface area contributed by atoms with Gasteiger partial charge in [0.25, 0.3) is 5.91 Å². The highest BCUT2D eigenvalue weighted by Crippen LogP contribution is 2.30. The van der Waals surface area contributed by atoms with Crippen LogP contribution in [0.2, 0.25) is 0 Å². The lowest BCUT2D eigenvalue weighted by molar-refractivity contribution is -0.130. The summed E-state index contributed by atoms with van der Waals surface area (Å²) in [6.07, 6.45) is -0.638. The Labute approximate surface area is 141 Å². The Morgan fingerprint density at radius 3 is 2.79 bits per heavy atom. The van der Waals surface area contributed by atoms with E-state index in [1.165, 1.54) is 5.56 Å². The number of fused-ring (bicyclic) bond motifs is 1. The number of rotatable bonds is 5. The maximum absolute atomic E-state index is 12.2. The molecule has 1 unspecified atom stereocenters. The third kappa shape index (κ3) is 3.79. The molecule has 24 heavy (non-hydrogen) atoms. The molecule has 0 saturated carbocycles. The maximum atomic E-state index is 12.2. The van der Waals surface area contributed by atoms with Crippen molar-refractivity contribution in [3.05, 3.63) is 53.6 Å². The van der Waals surface area contributed by atoms with Crippen molar-refractivity contribution in [3.63, 3.8) is 0 Å². The van der Waals surface area contributed by atoms with E-state index in [9.17, 15) is 4.79 Å². The van der Waals surface area contributed by atoms with Crippen molar-refractivity contribution in [2.75, 3.05) is 19.8 Å². The van der Waals surface area contributed by atoms with Gasteiger partial charge < -0.3 is 19.5 Å². The zero-order valence-corrected chi connectivity index (χ0v) is 13.9. The van der Waals surface area contributed by atoms with Crippen LogP contribution in [0.1, 0.15) is 11.1 Å². The van der Waals surface area contributed by atoms with E-state index in [0.717, 1.165) is 11.3 Å². The average Bonchev–Trinajstić information content (AvgIpc) is 2.59. The molecule has 3 rings (SSSR count). The van der Waals surface area contributed by atoms with Crippen LogP contribution in [0.4, 0.5) is 0 Å². The highest BCUT2D eigenvalue weighted by molar-refractivity contribution is 5.81. The summed E-state index contributed by atoms with van der Waals surface area (Å²) in [5.41, 5.74) is 2.28. The molecule has 0 aliphatic carbocycles. The zero-order chi connectivity index (χ0) is 16.9. The Balaban J connectivity index is 1.45. The highest BCUT2D eigenvalue weighted by atomic mass is 16.6. The molecule has 0 aromatic heterocycles. The molecule has 1 atom stereocenters. The van der Waals surface area contributed by atoms with Gasteiger partial charge in [-0.2, -0.15) is 0 Å². The van der Waals surface area contributed by atoms with Gasteiger partial charge >= 0.3 is 0 Å². The van der Waals surface area contributed by atoms with Crippen LogP contribution in [0, 0.1) is 13.8 Å². The van der Waals surface area contributed by atoms with Crippen LogP contribution in [0.15, 0.2) is 42.5 Å². The number of carbonyl (C=O) groups is 1. The number of amides is 1. The van der Waals surface area contributed by atoms with Gasteiger partial charge in [0.2, 0.25) is 6.10 Å². The van der Waals surface area contributed by atoms with Gasteiger partial charge in [-0.05, 0) is 37.6 Å². The largest absolute Gasteiger partial charge is 0.491 e. The lowest BCUT2D eigenvalue weighted by atomic mass is 10.1. The van der Waals surface area contributed by atoms with Crippen LogP contribution in [0.25, 0.3) is 0 Å². The molecule has 0 saturated heterocycles. The summed E-state index contributed by atoms with van der Waals surface area (Å²) < 4.78 is 16.9. The summed E-state index contributed by atoms with van der Waals surface area (Å²) in [4.78, 5) is 12.2. The van der Waals surface area contributed by atoms with Crippen molar-refractivity contribution in [1.29, 1.82) is 0 Å². The van der Waals surface area contributed by atoms with Crippen LogP contribution >= 0.6 is 0 Å². The van der Waals surface area contributed by atoms with Crippen LogP contribution in [0.5, 0.6) is 17.2 Å². The predicted molar refractivity (Wildman–Crippen MR) is 90.8 cm³/mol. The summed E-state index contributed by atoms with van der Waals surface area (Å²) in [7, 11) is 0. The molecule has 0 spiro atoms. The molecule has 126 valence electrons. The van der Waals surface area contributed by atoms with E-state index >= 15 is 0 Å². The lowest BCUT2D eigenvalue weighted by Crippen LogP contribution is -2.45. The van der Waals surface area contributed by atoms with Crippen molar-refractivity contribution < 1.29 is 19.0 Å². The van der Waals surface area contributed by atoms with Gasteiger partial charge in [0.1, 0.15) is 19.0 Å². The first-order valence-electron chi connectivity index (χ1n) is 8.00. The minimum atomic E-state index is -0.638. The van der Waals surface area contributed by atoms with E-state index in [1.54, 1.807) is 6.07 Å². The highest BCUT2D eigenvalue weighted by Gasteiger charge is 2.26. The number of nitrogens with one attached hydrogen (secondary N) is 1. The third-order valence-electron chi connectivity index (χ3n) is 3.79. The topological polar surface area (TPSA) is 56.8 Å². The first-order valence-corrected chi connectivity index (χ1v) is 8.00. The molecule has 1 aliphatic heterocycles. The predicted octanol–water partition coefficient (Wildman–Crippen LogP) is 2.64. The van der Waals surface area contributed by atoms with Crippen molar-refractivity contribution in [3.8, 4) is 17.2 Å². The Bertz CT molecular complexity index is 729. The quantitative estimate of drug-likeness (QED) is 0.858. The van der Waals surface area contributed by atoms with E-state index in [1.807, 2.05) is 44.2 Å². The van der Waals surface area contributed by atoms with Crippen LogP contribution in [0.3, 0.4) is 0 Å². The molecule has 1 heterocycles. The fourth-order valence-electron chi connectivity index (χ4n) is 2.56. The number of para-hydroxylation sites is 2. The molecule has 1 aliphatic rings. The number of benzene rings is 2. The molecule has 5 heteroatoms. The SMILES string of the molecule is Cc1ccc(OCCNC(=O)C2COc3ccccc3O2)c(C)c1. The van der Waals surface area contributed by atoms with Gasteiger partial charge in [0.15, 0.2) is 11.5 Å². The number of hydrogen-bond acceptors (Lipinski definition) is 4. The molecular weight excluding hydrogens is 306 g/mol. The third-order valence-corrected chi connectivity index (χ3v) is 3.79. The van der Waals surface area contributed by atoms with Crippen LogP contribution < -0.4 is 19.5 Å². The summed E-state index contributed by atoms with van der Waals surface area (Å²) >= 11 is 0. The molecule has 0 bridgehead atoms. The van der Waals surface area contributed by atoms with Crippen molar-refractivity contribution in [2.45, 2.75) is 20.0 Å². The van der Waals surface area contributed by atoms with Gasteiger partial charge in [0, 0.05) is 0 Å². The molecule has 1 N–H and O–H groups in total. The minimum Gasteiger partial charge on any atom is -0.491 e. The standard InChI is InChI=1S/C19H21NO4/c1-13-7-8-15(14(2)11-13)22-10-9-20-19(21)18-12-23-16-5-3-4-6-17(16)24-18/h3-8,11,18H,9-10,12H2,1-2H3,(H,20,21). The van der Waals surface area contributed by atoms with Crippen molar-refractivity contribution in [2.24, 2.45) is 0 Å². The summed E-state index contributed by atoms with van der Waals surface area (Å²) in [5, 5.41) is 2.82. The van der Waals surface area contributed by atoms with Gasteiger partial charge in [-0.3, -0.25) is 4.79 Å². The Kier molecular flexibility index (Phi) is 4.89. The van der Waals surface area contributed by atoms with Gasteiger partial charge in [0.05, 0.1) is 6.54 Å². The van der Waals surface area contributed by atoms with Gasteiger partial charge in [-0.15, -0.1) is 0 Å². The minimum absolute atomic E-state index is 0.200. The fourth-order valence-corrected chi connectivity index (χ4v) is 2.56. The molecule has 0 radical (unpaired) electrons. The monoisotopic (exact) mass is 327 g/mol. The number of ether oxygens (including phenoxy) is 3. The Hall–Kier alpha value is -2.69. The molecule has 2 aromatic rings. The van der Waals surface area contributed by atoms with Crippen LogP contribution in [-0.2, 0) is 4.79 Å².